The first-order chi connectivity index (χ1) is 8.29. The van der Waals surface area contributed by atoms with Crippen molar-refractivity contribution < 1.29 is 5.11 Å². The Bertz CT molecular complexity index is 529. The normalized spacial score (nSPS) is 16.1. The Morgan fingerprint density at radius 1 is 1.53 bits per heavy atom. The monoisotopic (exact) mass is 250 g/mol. The van der Waals surface area contributed by atoms with E-state index in [0.717, 1.165) is 29.4 Å². The van der Waals surface area contributed by atoms with Gasteiger partial charge in [-0.1, -0.05) is 11.6 Å². The summed E-state index contributed by atoms with van der Waals surface area (Å²) in [5.41, 5.74) is 2.74. The molecule has 0 unspecified atom stereocenters. The molecule has 1 aliphatic carbocycles. The summed E-state index contributed by atoms with van der Waals surface area (Å²) in [4.78, 5) is 4.43. The number of aliphatic hydroxyl groups excluding tert-OH is 1. The Morgan fingerprint density at radius 2 is 2.35 bits per heavy atom. The third-order valence-electron chi connectivity index (χ3n) is 3.21. The summed E-state index contributed by atoms with van der Waals surface area (Å²) in [5.74, 6) is 0.483. The molecule has 5 nitrogen and oxygen atoms in total. The summed E-state index contributed by atoms with van der Waals surface area (Å²) in [7, 11) is 0. The molecule has 0 bridgehead atoms. The zero-order chi connectivity index (χ0) is 11.8. The highest BCUT2D eigenvalue weighted by atomic mass is 32.1. The molecule has 17 heavy (non-hydrogen) atoms. The van der Waals surface area contributed by atoms with Gasteiger partial charge in [-0.3, -0.25) is 0 Å². The smallest absolute Gasteiger partial charge is 0.212 e. The summed E-state index contributed by atoms with van der Waals surface area (Å²) < 4.78 is 1.80. The minimum absolute atomic E-state index is 0.0454. The molecular weight excluding hydrogens is 236 g/mol. The van der Waals surface area contributed by atoms with Crippen LogP contribution in [0.4, 0.5) is 0 Å². The van der Waals surface area contributed by atoms with Gasteiger partial charge in [0.1, 0.15) is 5.69 Å². The second-order valence-electron chi connectivity index (χ2n) is 4.39. The number of hydrogen-bond acceptors (Lipinski definition) is 5. The van der Waals surface area contributed by atoms with E-state index < -0.39 is 0 Å². The van der Waals surface area contributed by atoms with Gasteiger partial charge in [-0.2, -0.15) is 4.68 Å². The summed E-state index contributed by atoms with van der Waals surface area (Å²) in [6.45, 7) is 1.92. The van der Waals surface area contributed by atoms with Crippen molar-refractivity contribution in [3.8, 4) is 5.13 Å². The van der Waals surface area contributed by atoms with Crippen LogP contribution in [0.1, 0.15) is 42.3 Å². The van der Waals surface area contributed by atoms with Crippen LogP contribution in [0.15, 0.2) is 5.38 Å². The molecule has 1 N–H and O–H groups in total. The van der Waals surface area contributed by atoms with E-state index in [0.29, 0.717) is 11.6 Å². The molecule has 0 amide bonds. The van der Waals surface area contributed by atoms with Gasteiger partial charge < -0.3 is 5.11 Å². The van der Waals surface area contributed by atoms with Crippen LogP contribution in [0.5, 0.6) is 0 Å². The number of aromatic nitrogens is 4. The lowest BCUT2D eigenvalue weighted by molar-refractivity contribution is 0.272. The average molecular weight is 250 g/mol. The van der Waals surface area contributed by atoms with Crippen LogP contribution < -0.4 is 0 Å². The quantitative estimate of drug-likeness (QED) is 0.902. The number of aryl methyl sites for hydroxylation is 1. The average Bonchev–Trinajstić information content (AvgIpc) is 2.82. The Balaban J connectivity index is 2.06. The lowest BCUT2D eigenvalue weighted by Crippen LogP contribution is -2.16. The number of nitrogens with zero attached hydrogens (tertiary/aromatic N) is 4. The van der Waals surface area contributed by atoms with E-state index in [1.807, 2.05) is 12.3 Å². The molecule has 2 aromatic heterocycles. The topological polar surface area (TPSA) is 63.8 Å². The van der Waals surface area contributed by atoms with Gasteiger partial charge in [-0.05, 0) is 19.8 Å². The lowest BCUT2D eigenvalue weighted by Gasteiger charge is -2.25. The molecule has 90 valence electrons. The maximum Gasteiger partial charge on any atom is 0.212 e. The summed E-state index contributed by atoms with van der Waals surface area (Å²) in [5, 5.41) is 20.3. The number of hydrogen-bond donors (Lipinski definition) is 1. The van der Waals surface area contributed by atoms with Gasteiger partial charge in [-0.25, -0.2) is 4.98 Å². The molecule has 0 aromatic carbocycles. The third-order valence-corrected chi connectivity index (χ3v) is 4.14. The first kappa shape index (κ1) is 10.9. The maximum atomic E-state index is 9.32. The zero-order valence-electron chi connectivity index (χ0n) is 9.63. The highest BCUT2D eigenvalue weighted by Gasteiger charge is 2.28. The second-order valence-corrected chi connectivity index (χ2v) is 5.23. The van der Waals surface area contributed by atoms with E-state index in [2.05, 4.69) is 15.3 Å². The van der Waals surface area contributed by atoms with Crippen molar-refractivity contribution in [2.75, 3.05) is 0 Å². The van der Waals surface area contributed by atoms with Crippen molar-refractivity contribution in [1.29, 1.82) is 0 Å². The molecule has 1 fully saturated rings. The maximum absolute atomic E-state index is 9.32. The van der Waals surface area contributed by atoms with Crippen LogP contribution in [-0.2, 0) is 6.61 Å². The van der Waals surface area contributed by atoms with Crippen molar-refractivity contribution in [1.82, 2.24) is 20.0 Å². The van der Waals surface area contributed by atoms with Crippen molar-refractivity contribution >= 4 is 11.3 Å². The fraction of sp³-hybridized carbons (Fsp3) is 0.545. The minimum Gasteiger partial charge on any atom is -0.390 e. The van der Waals surface area contributed by atoms with Gasteiger partial charge in [0, 0.05) is 11.3 Å². The minimum atomic E-state index is -0.0454. The Morgan fingerprint density at radius 3 is 2.88 bits per heavy atom. The van der Waals surface area contributed by atoms with Gasteiger partial charge >= 0.3 is 0 Å². The van der Waals surface area contributed by atoms with Gasteiger partial charge in [0.2, 0.25) is 5.13 Å². The largest absolute Gasteiger partial charge is 0.390 e. The Kier molecular flexibility index (Phi) is 2.68. The van der Waals surface area contributed by atoms with E-state index in [1.54, 1.807) is 16.0 Å². The van der Waals surface area contributed by atoms with Crippen LogP contribution in [-0.4, -0.2) is 25.1 Å². The summed E-state index contributed by atoms with van der Waals surface area (Å²) >= 11 is 1.56. The van der Waals surface area contributed by atoms with Gasteiger partial charge in [0.25, 0.3) is 0 Å². The zero-order valence-corrected chi connectivity index (χ0v) is 10.4. The first-order valence-electron chi connectivity index (χ1n) is 5.77. The molecule has 1 aliphatic rings. The molecule has 0 aliphatic heterocycles. The second kappa shape index (κ2) is 4.19. The van der Waals surface area contributed by atoms with E-state index in [9.17, 15) is 5.11 Å². The van der Waals surface area contributed by atoms with Gasteiger partial charge in [-0.15, -0.1) is 16.4 Å². The summed E-state index contributed by atoms with van der Waals surface area (Å²) in [6.07, 6.45) is 3.56. The van der Waals surface area contributed by atoms with Crippen molar-refractivity contribution in [2.45, 2.75) is 38.7 Å². The molecule has 6 heteroatoms. The number of aliphatic hydroxyl groups is 1. The third kappa shape index (κ3) is 1.77. The molecule has 0 radical (unpaired) electrons. The van der Waals surface area contributed by atoms with Crippen molar-refractivity contribution in [3.63, 3.8) is 0 Å². The highest BCUT2D eigenvalue weighted by Crippen LogP contribution is 2.38. The predicted octanol–water partition coefficient (Wildman–Crippen LogP) is 1.79. The van der Waals surface area contributed by atoms with E-state index in [-0.39, 0.29) is 6.61 Å². The molecular formula is C11H14N4OS. The van der Waals surface area contributed by atoms with Crippen LogP contribution in [0.25, 0.3) is 5.13 Å². The standard InChI is InChI=1S/C11H14N4OS/c1-7-6-17-11(12-7)15-10(8-3-2-4-8)9(5-16)13-14-15/h6,8,16H,2-5H2,1H3. The van der Waals surface area contributed by atoms with Crippen molar-refractivity contribution in [2.24, 2.45) is 0 Å². The van der Waals surface area contributed by atoms with Crippen LogP contribution in [0.2, 0.25) is 0 Å². The molecule has 0 spiro atoms. The van der Waals surface area contributed by atoms with Crippen LogP contribution in [0.3, 0.4) is 0 Å². The van der Waals surface area contributed by atoms with E-state index >= 15 is 0 Å². The first-order valence-corrected chi connectivity index (χ1v) is 6.65. The molecule has 1 saturated carbocycles. The Labute approximate surface area is 103 Å². The fourth-order valence-corrected chi connectivity index (χ4v) is 2.86. The van der Waals surface area contributed by atoms with Crippen molar-refractivity contribution in [3.05, 3.63) is 22.5 Å². The van der Waals surface area contributed by atoms with Crippen LogP contribution >= 0.6 is 11.3 Å². The molecule has 0 atom stereocenters. The fourth-order valence-electron chi connectivity index (χ4n) is 2.10. The molecule has 2 heterocycles. The molecule has 3 rings (SSSR count). The molecule has 0 saturated heterocycles. The molecule has 2 aromatic rings. The van der Waals surface area contributed by atoms with E-state index in [1.165, 1.54) is 6.42 Å². The summed E-state index contributed by atoms with van der Waals surface area (Å²) in [6, 6.07) is 0. The predicted molar refractivity (Wildman–Crippen MR) is 64.3 cm³/mol. The highest BCUT2D eigenvalue weighted by molar-refractivity contribution is 7.12. The van der Waals surface area contributed by atoms with E-state index in [4.69, 9.17) is 0 Å². The number of thiazole rings is 1. The van der Waals surface area contributed by atoms with Gasteiger partial charge in [0.05, 0.1) is 18.0 Å². The van der Waals surface area contributed by atoms with Gasteiger partial charge in [0.15, 0.2) is 0 Å². The van der Waals surface area contributed by atoms with Crippen LogP contribution in [0, 0.1) is 6.92 Å². The Hall–Kier alpha value is -1.27. The lowest BCUT2D eigenvalue weighted by atomic mass is 9.82. The number of rotatable bonds is 3. The SMILES string of the molecule is Cc1csc(-n2nnc(CO)c2C2CCC2)n1.